The van der Waals surface area contributed by atoms with Gasteiger partial charge in [-0.1, -0.05) is 0 Å². The van der Waals surface area contributed by atoms with E-state index in [4.69, 9.17) is 15.6 Å². The maximum absolute atomic E-state index is 10.9. The highest BCUT2D eigenvalue weighted by molar-refractivity contribution is 5.92. The zero-order valence-electron chi connectivity index (χ0n) is 9.68. The number of nitrogens with one attached hydrogen (secondary N) is 1. The summed E-state index contributed by atoms with van der Waals surface area (Å²) in [6.45, 7) is 0.994. The number of carbonyl (C=O) groups is 2. The molecular formula is C12H14N2O4. The summed E-state index contributed by atoms with van der Waals surface area (Å²) in [5.41, 5.74) is 4.82. The minimum Gasteiger partial charge on any atom is -0.484 e. The van der Waals surface area contributed by atoms with E-state index in [1.54, 1.807) is 24.3 Å². The molecule has 0 aromatic heterocycles. The van der Waals surface area contributed by atoms with Crippen LogP contribution in [-0.4, -0.2) is 35.7 Å². The average molecular weight is 250 g/mol. The number of carboxylic acid groups (broad SMARTS) is 1. The molecule has 2 rings (SSSR count). The smallest absolute Gasteiger partial charge is 0.307 e. The Hall–Kier alpha value is -2.08. The van der Waals surface area contributed by atoms with E-state index in [1.807, 2.05) is 0 Å². The van der Waals surface area contributed by atoms with Crippen molar-refractivity contribution in [3.63, 3.8) is 0 Å². The maximum Gasteiger partial charge on any atom is 0.307 e. The first kappa shape index (κ1) is 12.4. The van der Waals surface area contributed by atoms with Crippen molar-refractivity contribution in [2.24, 2.45) is 5.73 Å². The summed E-state index contributed by atoms with van der Waals surface area (Å²) in [6.07, 6.45) is -0.0580. The van der Waals surface area contributed by atoms with E-state index in [1.165, 1.54) is 0 Å². The number of carboxylic acids is 1. The van der Waals surface area contributed by atoms with Gasteiger partial charge in [-0.05, 0) is 24.3 Å². The van der Waals surface area contributed by atoms with Crippen LogP contribution >= 0.6 is 0 Å². The van der Waals surface area contributed by atoms with Gasteiger partial charge in [0, 0.05) is 18.7 Å². The SMILES string of the molecule is NC(=O)c1ccc(OC2(CC(=O)O)CNC2)cc1. The summed E-state index contributed by atoms with van der Waals surface area (Å²) in [4.78, 5) is 21.7. The van der Waals surface area contributed by atoms with Crippen molar-refractivity contribution >= 4 is 11.9 Å². The second-order valence-electron chi connectivity index (χ2n) is 4.35. The van der Waals surface area contributed by atoms with Gasteiger partial charge in [-0.3, -0.25) is 9.59 Å². The highest BCUT2D eigenvalue weighted by Gasteiger charge is 2.41. The van der Waals surface area contributed by atoms with Crippen molar-refractivity contribution in [2.45, 2.75) is 12.0 Å². The molecule has 0 spiro atoms. The molecule has 1 aromatic carbocycles. The van der Waals surface area contributed by atoms with Gasteiger partial charge in [-0.15, -0.1) is 0 Å². The van der Waals surface area contributed by atoms with Crippen molar-refractivity contribution in [1.29, 1.82) is 0 Å². The van der Waals surface area contributed by atoms with E-state index in [0.717, 1.165) is 0 Å². The Morgan fingerprint density at radius 3 is 2.33 bits per heavy atom. The van der Waals surface area contributed by atoms with Crippen LogP contribution in [0, 0.1) is 0 Å². The molecule has 1 aliphatic heterocycles. The molecule has 1 heterocycles. The molecule has 0 aliphatic carbocycles. The molecular weight excluding hydrogens is 236 g/mol. The summed E-state index contributed by atoms with van der Waals surface area (Å²) in [6, 6.07) is 6.33. The molecule has 1 aliphatic rings. The first-order valence-electron chi connectivity index (χ1n) is 5.52. The minimum absolute atomic E-state index is 0.0580. The van der Waals surface area contributed by atoms with E-state index in [-0.39, 0.29) is 6.42 Å². The summed E-state index contributed by atoms with van der Waals surface area (Å²) >= 11 is 0. The Labute approximate surface area is 104 Å². The van der Waals surface area contributed by atoms with Crippen LogP contribution in [0.2, 0.25) is 0 Å². The fraction of sp³-hybridized carbons (Fsp3) is 0.333. The van der Waals surface area contributed by atoms with E-state index < -0.39 is 17.5 Å². The molecule has 18 heavy (non-hydrogen) atoms. The number of carbonyl (C=O) groups excluding carboxylic acids is 1. The molecule has 4 N–H and O–H groups in total. The van der Waals surface area contributed by atoms with E-state index in [0.29, 0.717) is 24.4 Å². The van der Waals surface area contributed by atoms with E-state index in [9.17, 15) is 9.59 Å². The monoisotopic (exact) mass is 250 g/mol. The Morgan fingerprint density at radius 1 is 1.33 bits per heavy atom. The van der Waals surface area contributed by atoms with Crippen LogP contribution in [-0.2, 0) is 4.79 Å². The third-order valence-corrected chi connectivity index (χ3v) is 2.84. The first-order chi connectivity index (χ1) is 8.51. The number of primary amides is 1. The molecule has 1 amide bonds. The van der Waals surface area contributed by atoms with Crippen molar-refractivity contribution in [3.8, 4) is 5.75 Å². The highest BCUT2D eigenvalue weighted by Crippen LogP contribution is 2.25. The number of aliphatic carboxylic acids is 1. The molecule has 0 unspecified atom stereocenters. The molecule has 6 nitrogen and oxygen atoms in total. The summed E-state index contributed by atoms with van der Waals surface area (Å²) in [5, 5.41) is 11.8. The Morgan fingerprint density at radius 2 is 1.94 bits per heavy atom. The lowest BCUT2D eigenvalue weighted by molar-refractivity contribution is -0.143. The van der Waals surface area contributed by atoms with Crippen LogP contribution in [0.25, 0.3) is 0 Å². The highest BCUT2D eigenvalue weighted by atomic mass is 16.5. The van der Waals surface area contributed by atoms with Gasteiger partial charge < -0.3 is 20.9 Å². The maximum atomic E-state index is 10.9. The summed E-state index contributed by atoms with van der Waals surface area (Å²) in [5.74, 6) is -0.875. The van der Waals surface area contributed by atoms with E-state index >= 15 is 0 Å². The molecule has 6 heteroatoms. The Kier molecular flexibility index (Phi) is 3.20. The number of benzene rings is 1. The van der Waals surface area contributed by atoms with Crippen LogP contribution < -0.4 is 15.8 Å². The molecule has 0 saturated carbocycles. The molecule has 0 bridgehead atoms. The van der Waals surface area contributed by atoms with Crippen molar-refractivity contribution in [1.82, 2.24) is 5.32 Å². The third-order valence-electron chi connectivity index (χ3n) is 2.84. The van der Waals surface area contributed by atoms with Gasteiger partial charge in [-0.25, -0.2) is 0 Å². The van der Waals surface area contributed by atoms with Gasteiger partial charge in [-0.2, -0.15) is 0 Å². The molecule has 1 fully saturated rings. The van der Waals surface area contributed by atoms with Gasteiger partial charge in [0.25, 0.3) is 0 Å². The van der Waals surface area contributed by atoms with Gasteiger partial charge in [0.1, 0.15) is 11.4 Å². The topological polar surface area (TPSA) is 102 Å². The average Bonchev–Trinajstić information content (AvgIpc) is 2.26. The fourth-order valence-electron chi connectivity index (χ4n) is 1.85. The zero-order chi connectivity index (χ0) is 13.2. The predicted molar refractivity (Wildman–Crippen MR) is 63.4 cm³/mol. The minimum atomic E-state index is -0.898. The number of ether oxygens (including phenoxy) is 1. The van der Waals surface area contributed by atoms with Crippen LogP contribution in [0.4, 0.5) is 0 Å². The number of hydrogen-bond acceptors (Lipinski definition) is 4. The zero-order valence-corrected chi connectivity index (χ0v) is 9.68. The number of amides is 1. The molecule has 96 valence electrons. The van der Waals surface area contributed by atoms with Crippen molar-refractivity contribution < 1.29 is 19.4 Å². The lowest BCUT2D eigenvalue weighted by Crippen LogP contribution is -2.64. The summed E-state index contributed by atoms with van der Waals surface area (Å²) in [7, 11) is 0. The fourth-order valence-corrected chi connectivity index (χ4v) is 1.85. The largest absolute Gasteiger partial charge is 0.484 e. The van der Waals surface area contributed by atoms with Crippen molar-refractivity contribution in [3.05, 3.63) is 29.8 Å². The number of rotatable bonds is 5. The Bertz CT molecular complexity index is 465. The molecule has 0 radical (unpaired) electrons. The molecule has 1 aromatic rings. The lowest BCUT2D eigenvalue weighted by Gasteiger charge is -2.41. The molecule has 1 saturated heterocycles. The molecule has 0 atom stereocenters. The summed E-state index contributed by atoms with van der Waals surface area (Å²) < 4.78 is 5.69. The van der Waals surface area contributed by atoms with Gasteiger partial charge in [0.15, 0.2) is 0 Å². The first-order valence-corrected chi connectivity index (χ1v) is 5.52. The Balaban J connectivity index is 2.08. The second kappa shape index (κ2) is 4.66. The van der Waals surface area contributed by atoms with Crippen molar-refractivity contribution in [2.75, 3.05) is 13.1 Å². The quantitative estimate of drug-likeness (QED) is 0.681. The third kappa shape index (κ3) is 2.60. The van der Waals surface area contributed by atoms with Gasteiger partial charge in [0.2, 0.25) is 5.91 Å². The lowest BCUT2D eigenvalue weighted by atomic mass is 9.92. The predicted octanol–water partition coefficient (Wildman–Crippen LogP) is -0.0190. The van der Waals surface area contributed by atoms with Crippen LogP contribution in [0.1, 0.15) is 16.8 Å². The number of nitrogens with two attached hydrogens (primary N) is 1. The van der Waals surface area contributed by atoms with Crippen LogP contribution in [0.3, 0.4) is 0 Å². The standard InChI is InChI=1S/C12H14N2O4/c13-11(17)8-1-3-9(4-2-8)18-12(5-10(15)16)6-14-7-12/h1-4,14H,5-7H2,(H2,13,17)(H,15,16). The van der Waals surface area contributed by atoms with Crippen LogP contribution in [0.15, 0.2) is 24.3 Å². The number of hydrogen-bond donors (Lipinski definition) is 3. The second-order valence-corrected chi connectivity index (χ2v) is 4.35. The normalized spacial score (nSPS) is 16.7. The van der Waals surface area contributed by atoms with Crippen LogP contribution in [0.5, 0.6) is 5.75 Å². The van der Waals surface area contributed by atoms with Gasteiger partial charge >= 0.3 is 5.97 Å². The van der Waals surface area contributed by atoms with E-state index in [2.05, 4.69) is 5.32 Å². The van der Waals surface area contributed by atoms with Gasteiger partial charge in [0.05, 0.1) is 6.42 Å².